The van der Waals surface area contributed by atoms with E-state index >= 15 is 0 Å². The number of aromatic nitrogens is 1. The number of halogens is 4. The number of rotatable bonds is 3. The maximum absolute atomic E-state index is 13.4. The van der Waals surface area contributed by atoms with Crippen LogP contribution in [0, 0.1) is 17.5 Å². The molecule has 0 radical (unpaired) electrons. The van der Waals surface area contributed by atoms with E-state index < -0.39 is 29.1 Å². The smallest absolute Gasteiger partial charge is 0.356 e. The molecule has 0 atom stereocenters. The molecule has 0 saturated carbocycles. The van der Waals surface area contributed by atoms with E-state index in [4.69, 9.17) is 16.7 Å². The third-order valence-corrected chi connectivity index (χ3v) is 2.65. The minimum absolute atomic E-state index is 0.0725. The molecule has 104 valence electrons. The molecule has 0 aliphatic rings. The first-order valence-electron chi connectivity index (χ1n) is 5.20. The van der Waals surface area contributed by atoms with Crippen LogP contribution in [0.5, 0.6) is 0 Å². The lowest BCUT2D eigenvalue weighted by atomic mass is 10.2. The summed E-state index contributed by atoms with van der Waals surface area (Å²) in [5, 5.41) is 11.1. The molecule has 0 saturated heterocycles. The molecule has 2 N–H and O–H groups in total. The summed E-state index contributed by atoms with van der Waals surface area (Å²) in [5.41, 5.74) is -0.824. The average Bonchev–Trinajstić information content (AvgIpc) is 2.41. The second-order valence-electron chi connectivity index (χ2n) is 3.68. The SMILES string of the molecule is O=C(O)c1nc(Nc2ccc(F)c(F)c2F)ccc1Cl. The Hall–Kier alpha value is -2.28. The van der Waals surface area contributed by atoms with E-state index in [0.29, 0.717) is 0 Å². The van der Waals surface area contributed by atoms with Crippen molar-refractivity contribution in [2.24, 2.45) is 0 Å². The number of carboxylic acids is 1. The standard InChI is InChI=1S/C12H6ClF3N2O2/c13-5-1-4-8(18-11(5)12(19)20)17-7-3-2-6(14)9(15)10(7)16/h1-4H,(H,17,18)(H,19,20). The minimum Gasteiger partial charge on any atom is -0.476 e. The zero-order valence-corrected chi connectivity index (χ0v) is 10.4. The van der Waals surface area contributed by atoms with E-state index in [-0.39, 0.29) is 16.5 Å². The lowest BCUT2D eigenvalue weighted by molar-refractivity contribution is 0.0691. The van der Waals surface area contributed by atoms with Crippen LogP contribution in [-0.2, 0) is 0 Å². The van der Waals surface area contributed by atoms with Gasteiger partial charge in [-0.15, -0.1) is 0 Å². The number of pyridine rings is 1. The van der Waals surface area contributed by atoms with Gasteiger partial charge in [-0.1, -0.05) is 11.6 Å². The summed E-state index contributed by atoms with van der Waals surface area (Å²) in [6.07, 6.45) is 0. The van der Waals surface area contributed by atoms with Crippen molar-refractivity contribution in [2.75, 3.05) is 5.32 Å². The summed E-state index contributed by atoms with van der Waals surface area (Å²) < 4.78 is 39.2. The Morgan fingerprint density at radius 2 is 1.85 bits per heavy atom. The predicted octanol–water partition coefficient (Wildman–Crippen LogP) is 3.59. The quantitative estimate of drug-likeness (QED) is 0.851. The van der Waals surface area contributed by atoms with Crippen LogP contribution in [0.3, 0.4) is 0 Å². The number of benzene rings is 1. The van der Waals surface area contributed by atoms with Crippen LogP contribution in [0.25, 0.3) is 0 Å². The number of carbonyl (C=O) groups is 1. The molecule has 4 nitrogen and oxygen atoms in total. The number of aromatic carboxylic acids is 1. The molecule has 2 rings (SSSR count). The summed E-state index contributed by atoms with van der Waals surface area (Å²) in [5.74, 6) is -5.84. The van der Waals surface area contributed by atoms with Gasteiger partial charge in [0.25, 0.3) is 0 Å². The van der Waals surface area contributed by atoms with Crippen molar-refractivity contribution in [1.82, 2.24) is 4.98 Å². The fourth-order valence-corrected chi connectivity index (χ4v) is 1.61. The second-order valence-corrected chi connectivity index (χ2v) is 4.09. The van der Waals surface area contributed by atoms with Crippen LogP contribution in [0.2, 0.25) is 5.02 Å². The number of nitrogens with one attached hydrogen (secondary N) is 1. The topological polar surface area (TPSA) is 62.2 Å². The van der Waals surface area contributed by atoms with Gasteiger partial charge in [-0.3, -0.25) is 0 Å². The normalized spacial score (nSPS) is 10.4. The molecule has 0 aliphatic heterocycles. The molecule has 0 amide bonds. The first kappa shape index (κ1) is 14.1. The predicted molar refractivity (Wildman–Crippen MR) is 65.8 cm³/mol. The van der Waals surface area contributed by atoms with Gasteiger partial charge in [0.15, 0.2) is 23.1 Å². The van der Waals surface area contributed by atoms with Crippen molar-refractivity contribution in [3.05, 3.63) is 52.4 Å². The third-order valence-electron chi connectivity index (χ3n) is 2.35. The Kier molecular flexibility index (Phi) is 3.80. The molecule has 8 heteroatoms. The highest BCUT2D eigenvalue weighted by atomic mass is 35.5. The monoisotopic (exact) mass is 302 g/mol. The molecular weight excluding hydrogens is 297 g/mol. The number of hydrogen-bond acceptors (Lipinski definition) is 3. The number of hydrogen-bond donors (Lipinski definition) is 2. The molecule has 0 spiro atoms. The fraction of sp³-hybridized carbons (Fsp3) is 0. The minimum atomic E-state index is -1.64. The highest BCUT2D eigenvalue weighted by Gasteiger charge is 2.15. The van der Waals surface area contributed by atoms with Crippen LogP contribution in [0.1, 0.15) is 10.5 Å². The Bertz CT molecular complexity index is 695. The van der Waals surface area contributed by atoms with E-state index in [2.05, 4.69) is 10.3 Å². The van der Waals surface area contributed by atoms with Gasteiger partial charge in [0.1, 0.15) is 5.82 Å². The van der Waals surface area contributed by atoms with Crippen LogP contribution >= 0.6 is 11.6 Å². The van der Waals surface area contributed by atoms with Crippen molar-refractivity contribution in [2.45, 2.75) is 0 Å². The second kappa shape index (κ2) is 5.38. The zero-order chi connectivity index (χ0) is 14.9. The van der Waals surface area contributed by atoms with Crippen LogP contribution in [0.4, 0.5) is 24.7 Å². The van der Waals surface area contributed by atoms with E-state index in [1.165, 1.54) is 12.1 Å². The first-order valence-corrected chi connectivity index (χ1v) is 5.58. The largest absolute Gasteiger partial charge is 0.476 e. The van der Waals surface area contributed by atoms with Crippen LogP contribution in [0.15, 0.2) is 24.3 Å². The maximum atomic E-state index is 13.4. The summed E-state index contributed by atoms with van der Waals surface area (Å²) in [6, 6.07) is 4.20. The Morgan fingerprint density at radius 1 is 1.15 bits per heavy atom. The number of carboxylic acid groups (broad SMARTS) is 1. The fourth-order valence-electron chi connectivity index (χ4n) is 1.42. The molecule has 0 bridgehead atoms. The van der Waals surface area contributed by atoms with Crippen molar-refractivity contribution in [1.29, 1.82) is 0 Å². The average molecular weight is 303 g/mol. The van der Waals surface area contributed by atoms with E-state index in [1.54, 1.807) is 0 Å². The summed E-state index contributed by atoms with van der Waals surface area (Å²) in [7, 11) is 0. The molecular formula is C12H6ClF3N2O2. The van der Waals surface area contributed by atoms with Gasteiger partial charge in [0.2, 0.25) is 0 Å². The van der Waals surface area contributed by atoms with Gasteiger partial charge in [0.05, 0.1) is 10.7 Å². The third kappa shape index (κ3) is 2.67. The summed E-state index contributed by atoms with van der Waals surface area (Å²) in [4.78, 5) is 14.5. The van der Waals surface area contributed by atoms with Crippen molar-refractivity contribution < 1.29 is 23.1 Å². The van der Waals surface area contributed by atoms with Gasteiger partial charge in [-0.25, -0.2) is 22.9 Å². The maximum Gasteiger partial charge on any atom is 0.356 e. The lowest BCUT2D eigenvalue weighted by Gasteiger charge is -2.08. The molecule has 1 aromatic carbocycles. The van der Waals surface area contributed by atoms with Crippen molar-refractivity contribution in [3.63, 3.8) is 0 Å². The van der Waals surface area contributed by atoms with E-state index in [0.717, 1.165) is 12.1 Å². The molecule has 20 heavy (non-hydrogen) atoms. The lowest BCUT2D eigenvalue weighted by Crippen LogP contribution is -2.05. The first-order chi connectivity index (χ1) is 9.40. The van der Waals surface area contributed by atoms with Gasteiger partial charge in [-0.05, 0) is 24.3 Å². The van der Waals surface area contributed by atoms with Gasteiger partial charge >= 0.3 is 5.97 Å². The Morgan fingerprint density at radius 3 is 2.50 bits per heavy atom. The zero-order valence-electron chi connectivity index (χ0n) is 9.62. The van der Waals surface area contributed by atoms with E-state index in [9.17, 15) is 18.0 Å². The number of nitrogens with zero attached hydrogens (tertiary/aromatic N) is 1. The number of anilines is 2. The molecule has 1 heterocycles. The van der Waals surface area contributed by atoms with Crippen molar-refractivity contribution >= 4 is 29.1 Å². The Labute approximate surface area is 115 Å². The molecule has 0 fully saturated rings. The van der Waals surface area contributed by atoms with Crippen molar-refractivity contribution in [3.8, 4) is 0 Å². The Balaban J connectivity index is 2.38. The van der Waals surface area contributed by atoms with Crippen LogP contribution < -0.4 is 5.32 Å². The van der Waals surface area contributed by atoms with E-state index in [1.807, 2.05) is 0 Å². The summed E-state index contributed by atoms with van der Waals surface area (Å²) >= 11 is 5.62. The molecule has 2 aromatic rings. The highest BCUT2D eigenvalue weighted by Crippen LogP contribution is 2.24. The molecule has 0 aliphatic carbocycles. The molecule has 0 unspecified atom stereocenters. The van der Waals surface area contributed by atoms with Gasteiger partial charge in [0, 0.05) is 0 Å². The van der Waals surface area contributed by atoms with Gasteiger partial charge in [-0.2, -0.15) is 0 Å². The highest BCUT2D eigenvalue weighted by molar-refractivity contribution is 6.33. The molecule has 1 aromatic heterocycles. The van der Waals surface area contributed by atoms with Gasteiger partial charge < -0.3 is 10.4 Å². The van der Waals surface area contributed by atoms with Crippen LogP contribution in [-0.4, -0.2) is 16.1 Å². The summed E-state index contributed by atoms with van der Waals surface area (Å²) in [6.45, 7) is 0.